The molecule has 0 radical (unpaired) electrons. The molecular weight excluding hydrogens is 767 g/mol. The van der Waals surface area contributed by atoms with Crippen molar-refractivity contribution in [3.8, 4) is 0 Å². The van der Waals surface area contributed by atoms with Crippen LogP contribution in [0, 0.1) is 0 Å². The Morgan fingerprint density at radius 1 is 0.850 bits per heavy atom. The Bertz CT molecular complexity index is 2070. The van der Waals surface area contributed by atoms with Crippen molar-refractivity contribution in [2.75, 3.05) is 49.9 Å². The number of carbonyl (C=O) groups excluding carboxylic acids is 6. The summed E-state index contributed by atoms with van der Waals surface area (Å²) >= 11 is 0. The summed E-state index contributed by atoms with van der Waals surface area (Å²) in [7, 11) is 0. The Morgan fingerprint density at radius 3 is 2.42 bits per heavy atom. The number of hydrogen-bond donors (Lipinski definition) is 5. The van der Waals surface area contributed by atoms with E-state index in [0.29, 0.717) is 44.1 Å². The molecule has 16 nitrogen and oxygen atoms in total. The number of amides is 6. The van der Waals surface area contributed by atoms with E-state index in [1.165, 1.54) is 17.5 Å². The van der Waals surface area contributed by atoms with E-state index in [0.717, 1.165) is 75.8 Å². The smallest absolute Gasteiger partial charge is 0.270 e. The highest BCUT2D eigenvalue weighted by molar-refractivity contribution is 6.25. The van der Waals surface area contributed by atoms with Gasteiger partial charge < -0.3 is 26.0 Å². The first-order valence-electron chi connectivity index (χ1n) is 21.3. The number of rotatable bonds is 18. The molecule has 4 aliphatic heterocycles. The van der Waals surface area contributed by atoms with Crippen LogP contribution in [0.15, 0.2) is 54.9 Å². The molecule has 1 aromatic heterocycles. The van der Waals surface area contributed by atoms with Crippen LogP contribution in [-0.4, -0.2) is 123 Å². The summed E-state index contributed by atoms with van der Waals surface area (Å²) in [5, 5.41) is 22.3. The van der Waals surface area contributed by atoms with Crippen LogP contribution in [0.25, 0.3) is 0 Å². The molecule has 2 saturated heterocycles. The molecule has 2 fully saturated rings. The van der Waals surface area contributed by atoms with Gasteiger partial charge in [-0.15, -0.1) is 0 Å². The molecule has 4 aliphatic rings. The fourth-order valence-corrected chi connectivity index (χ4v) is 8.57. The highest BCUT2D eigenvalue weighted by Crippen LogP contribution is 2.32. The maximum Gasteiger partial charge on any atom is 0.270 e. The topological polar surface area (TPSA) is 206 Å². The Hall–Kier alpha value is -5.74. The second-order valence-corrected chi connectivity index (χ2v) is 16.2. The van der Waals surface area contributed by atoms with Crippen molar-refractivity contribution >= 4 is 46.9 Å². The average molecular weight is 822 g/mol. The zero-order valence-corrected chi connectivity index (χ0v) is 34.0. The molecule has 0 spiro atoms. The summed E-state index contributed by atoms with van der Waals surface area (Å²) < 4.78 is 0. The number of aromatic nitrogens is 2. The predicted octanol–water partition coefficient (Wildman–Crippen LogP) is 3.27. The minimum atomic E-state index is -0.995. The van der Waals surface area contributed by atoms with Gasteiger partial charge in [-0.2, -0.15) is 0 Å². The number of hydrogen-bond acceptors (Lipinski definition) is 12. The number of unbranched alkanes of at least 4 members (excludes halogenated alkanes) is 5. The Labute approximate surface area is 349 Å². The van der Waals surface area contributed by atoms with Crippen LogP contribution in [0.3, 0.4) is 0 Å². The standard InChI is InChI=1S/C44H55N9O7/c54-32(27-51-21-17-29-10-6-7-11-30(29)26-51)25-46-41(57)35-24-37(48-28-47-35)49-31-18-22-52(23-19-31)39(56)14-5-3-1-2-4-8-20-45-34-13-9-12-33-40(34)44(60)53(43(33)59)36-15-16-38(55)50-42(36)58/h6-7,9-13,24,28,31-32,36,45,54H,1-5,8,14-23,25-27H2,(H,46,57)(H,47,48,49)(H,50,55,58)/t32-,36?/m0/s1. The first-order valence-corrected chi connectivity index (χ1v) is 21.3. The largest absolute Gasteiger partial charge is 0.390 e. The van der Waals surface area contributed by atoms with Gasteiger partial charge in [-0.1, -0.05) is 56.0 Å². The second kappa shape index (κ2) is 20.0. The van der Waals surface area contributed by atoms with Crippen molar-refractivity contribution in [1.29, 1.82) is 0 Å². The number of likely N-dealkylation sites (tertiary alicyclic amines) is 1. The third-order valence-corrected chi connectivity index (χ3v) is 11.9. The van der Waals surface area contributed by atoms with Crippen molar-refractivity contribution in [1.82, 2.24) is 35.3 Å². The summed E-state index contributed by atoms with van der Waals surface area (Å²) in [4.78, 5) is 89.7. The van der Waals surface area contributed by atoms with E-state index in [9.17, 15) is 33.9 Å². The lowest BCUT2D eigenvalue weighted by Crippen LogP contribution is -2.54. The van der Waals surface area contributed by atoms with Crippen molar-refractivity contribution < 1.29 is 33.9 Å². The third kappa shape index (κ3) is 10.5. The van der Waals surface area contributed by atoms with E-state index in [-0.39, 0.29) is 54.1 Å². The number of nitrogens with one attached hydrogen (secondary N) is 4. The lowest BCUT2D eigenvalue weighted by atomic mass is 10.00. The van der Waals surface area contributed by atoms with Gasteiger partial charge in [0, 0.05) is 76.5 Å². The van der Waals surface area contributed by atoms with E-state index in [1.54, 1.807) is 24.3 Å². The highest BCUT2D eigenvalue weighted by Gasteiger charge is 2.45. The molecule has 6 amide bonds. The Kier molecular flexibility index (Phi) is 14.1. The molecule has 0 aliphatic carbocycles. The molecule has 16 heteroatoms. The lowest BCUT2D eigenvalue weighted by molar-refractivity contribution is -0.136. The first-order chi connectivity index (χ1) is 29.1. The predicted molar refractivity (Wildman–Crippen MR) is 223 cm³/mol. The number of nitrogens with zero attached hydrogens (tertiary/aromatic N) is 5. The molecule has 60 heavy (non-hydrogen) atoms. The average Bonchev–Trinajstić information content (AvgIpc) is 3.51. The molecule has 318 valence electrons. The van der Waals surface area contributed by atoms with Gasteiger partial charge >= 0.3 is 0 Å². The molecule has 5 N–H and O–H groups in total. The molecular formula is C44H55N9O7. The van der Waals surface area contributed by atoms with Gasteiger partial charge in [0.1, 0.15) is 23.9 Å². The number of anilines is 2. The third-order valence-electron chi connectivity index (χ3n) is 11.9. The Balaban J connectivity index is 0.735. The van der Waals surface area contributed by atoms with E-state index in [2.05, 4.69) is 54.3 Å². The molecule has 0 saturated carbocycles. The van der Waals surface area contributed by atoms with Gasteiger partial charge in [0.25, 0.3) is 17.7 Å². The van der Waals surface area contributed by atoms with Crippen LogP contribution in [-0.2, 0) is 27.3 Å². The van der Waals surface area contributed by atoms with Crippen molar-refractivity contribution in [3.63, 3.8) is 0 Å². The minimum absolute atomic E-state index is 0.0757. The van der Waals surface area contributed by atoms with Gasteiger partial charge in [-0.3, -0.25) is 43.9 Å². The SMILES string of the molecule is O=C1CCC(N2C(=O)c3cccc(NCCCCCCCCC(=O)N4CCC(Nc5cc(C(=O)NC[C@H](O)CN6CCc7ccccc7C6)ncn5)CC4)c3C2=O)C(=O)N1. The zero-order valence-electron chi connectivity index (χ0n) is 34.0. The van der Waals surface area contributed by atoms with E-state index in [1.807, 2.05) is 11.0 Å². The van der Waals surface area contributed by atoms with Crippen LogP contribution < -0.4 is 21.3 Å². The molecule has 2 aromatic carbocycles. The number of imide groups is 2. The summed E-state index contributed by atoms with van der Waals surface area (Å²) in [5.41, 5.74) is 3.94. The molecule has 1 unspecified atom stereocenters. The number of β-amino-alcohol motifs (C(OH)–C–C–N with tert-alkyl or cyclic N) is 1. The molecule has 5 heterocycles. The van der Waals surface area contributed by atoms with Gasteiger partial charge in [-0.05, 0) is 61.8 Å². The maximum absolute atomic E-state index is 13.3. The van der Waals surface area contributed by atoms with Crippen molar-refractivity contribution in [3.05, 3.63) is 82.8 Å². The highest BCUT2D eigenvalue weighted by atomic mass is 16.3. The van der Waals surface area contributed by atoms with E-state index >= 15 is 0 Å². The number of aliphatic hydroxyl groups excluding tert-OH is 1. The van der Waals surface area contributed by atoms with E-state index in [4.69, 9.17) is 0 Å². The van der Waals surface area contributed by atoms with Crippen LogP contribution >= 0.6 is 0 Å². The van der Waals surface area contributed by atoms with Crippen LogP contribution in [0.4, 0.5) is 11.5 Å². The molecule has 2 atom stereocenters. The van der Waals surface area contributed by atoms with Crippen molar-refractivity contribution in [2.45, 2.75) is 102 Å². The number of benzene rings is 2. The maximum atomic E-state index is 13.3. The molecule has 3 aromatic rings. The van der Waals surface area contributed by atoms with Gasteiger partial charge in [-0.25, -0.2) is 9.97 Å². The summed E-state index contributed by atoms with van der Waals surface area (Å²) in [6.07, 6.45) is 9.53. The van der Waals surface area contributed by atoms with Gasteiger partial charge in [0.05, 0.1) is 17.2 Å². The first kappa shape index (κ1) is 42.4. The summed E-state index contributed by atoms with van der Waals surface area (Å²) in [6.45, 7) is 4.18. The number of fused-ring (bicyclic) bond motifs is 2. The number of carbonyl (C=O) groups is 6. The van der Waals surface area contributed by atoms with Crippen LogP contribution in [0.2, 0.25) is 0 Å². The van der Waals surface area contributed by atoms with Crippen LogP contribution in [0.1, 0.15) is 113 Å². The van der Waals surface area contributed by atoms with Crippen LogP contribution in [0.5, 0.6) is 0 Å². The fourth-order valence-electron chi connectivity index (χ4n) is 8.57. The van der Waals surface area contributed by atoms with Crippen molar-refractivity contribution in [2.24, 2.45) is 0 Å². The second-order valence-electron chi connectivity index (χ2n) is 16.2. The van der Waals surface area contributed by atoms with Gasteiger partial charge in [0.2, 0.25) is 17.7 Å². The van der Waals surface area contributed by atoms with Gasteiger partial charge in [0.15, 0.2) is 0 Å². The quantitative estimate of drug-likeness (QED) is 0.0927. The molecule has 0 bridgehead atoms. The lowest BCUT2D eigenvalue weighted by Gasteiger charge is -2.32. The number of piperidine rings is 2. The molecule has 7 rings (SSSR count). The summed E-state index contributed by atoms with van der Waals surface area (Å²) in [6, 6.07) is 14.2. The summed E-state index contributed by atoms with van der Waals surface area (Å²) in [5.74, 6) is -1.72. The number of aliphatic hydroxyl groups is 1. The van der Waals surface area contributed by atoms with E-state index < -0.39 is 35.8 Å². The minimum Gasteiger partial charge on any atom is -0.390 e. The Morgan fingerprint density at radius 2 is 1.62 bits per heavy atom. The fraction of sp³-hybridized carbons (Fsp3) is 0.500. The normalized spacial score (nSPS) is 18.8. The zero-order chi connectivity index (χ0) is 42.0. The monoisotopic (exact) mass is 821 g/mol.